The number of morpholine rings is 1. The van der Waals surface area contributed by atoms with Crippen LogP contribution in [0.25, 0.3) is 10.9 Å². The average molecular weight is 413 g/mol. The number of anilines is 1. The summed E-state index contributed by atoms with van der Waals surface area (Å²) in [6, 6.07) is 10.9. The maximum absolute atomic E-state index is 5.43. The topological polar surface area (TPSA) is 53.2 Å². The van der Waals surface area contributed by atoms with E-state index in [0.29, 0.717) is 0 Å². The highest BCUT2D eigenvalue weighted by Gasteiger charge is 2.25. The van der Waals surface area contributed by atoms with Gasteiger partial charge in [-0.25, -0.2) is 4.98 Å². The Hall–Kier alpha value is -1.89. The Morgan fingerprint density at radius 2 is 2.04 bits per heavy atom. The fourth-order valence-electron chi connectivity index (χ4n) is 4.03. The number of rotatable bonds is 2. The van der Waals surface area contributed by atoms with Crippen LogP contribution in [0.2, 0.25) is 0 Å². The first kappa shape index (κ1) is 16.3. The van der Waals surface area contributed by atoms with Crippen molar-refractivity contribution in [1.29, 1.82) is 0 Å². The number of aromatic amines is 1. The maximum Gasteiger partial charge on any atom is 0.128 e. The van der Waals surface area contributed by atoms with Crippen LogP contribution in [-0.2, 0) is 11.2 Å². The highest BCUT2D eigenvalue weighted by atomic mass is 79.9. The molecule has 134 valence electrons. The normalized spacial score (nSPS) is 20.3. The molecule has 2 N–H and O–H groups in total. The van der Waals surface area contributed by atoms with Crippen LogP contribution in [0.5, 0.6) is 0 Å². The van der Waals surface area contributed by atoms with Crippen molar-refractivity contribution in [3.05, 3.63) is 57.8 Å². The van der Waals surface area contributed by atoms with E-state index in [9.17, 15) is 0 Å². The lowest BCUT2D eigenvalue weighted by molar-refractivity contribution is 0.122. The van der Waals surface area contributed by atoms with Crippen molar-refractivity contribution in [1.82, 2.24) is 15.3 Å². The molecule has 3 aromatic rings. The van der Waals surface area contributed by atoms with Crippen LogP contribution in [0.4, 0.5) is 5.82 Å². The number of fused-ring (bicyclic) bond motifs is 3. The minimum atomic E-state index is 0.163. The van der Waals surface area contributed by atoms with Crippen molar-refractivity contribution >= 4 is 32.7 Å². The van der Waals surface area contributed by atoms with E-state index in [-0.39, 0.29) is 6.04 Å². The van der Waals surface area contributed by atoms with E-state index < -0.39 is 0 Å². The molecule has 1 saturated heterocycles. The van der Waals surface area contributed by atoms with E-state index in [1.54, 1.807) is 0 Å². The standard InChI is InChI=1S/C20H21BrN4O/c21-14-2-3-17-16(11-14)15-5-6-22-19(20(15)24-17)13-1-4-18(23-12-13)25-7-9-26-10-8-25/h1-4,11-12,19,22,24H,5-10H2/t19-/m0/s1. The van der Waals surface area contributed by atoms with Crippen molar-refractivity contribution in [2.24, 2.45) is 0 Å². The molecule has 1 fully saturated rings. The molecule has 1 aromatic carbocycles. The monoisotopic (exact) mass is 412 g/mol. The minimum absolute atomic E-state index is 0.163. The van der Waals surface area contributed by atoms with Crippen LogP contribution in [0.3, 0.4) is 0 Å². The third-order valence-electron chi connectivity index (χ3n) is 5.35. The fourth-order valence-corrected chi connectivity index (χ4v) is 4.39. The van der Waals surface area contributed by atoms with Gasteiger partial charge in [0.2, 0.25) is 0 Å². The Labute approximate surface area is 160 Å². The predicted molar refractivity (Wildman–Crippen MR) is 107 cm³/mol. The van der Waals surface area contributed by atoms with Crippen molar-refractivity contribution in [3.63, 3.8) is 0 Å². The first-order valence-electron chi connectivity index (χ1n) is 9.11. The number of ether oxygens (including phenoxy) is 1. The summed E-state index contributed by atoms with van der Waals surface area (Å²) < 4.78 is 6.55. The number of hydrogen-bond donors (Lipinski definition) is 2. The SMILES string of the molecule is Brc1ccc2[nH]c3c(c2c1)CCN[C@H]3c1ccc(N2CCOCC2)nc1. The summed E-state index contributed by atoms with van der Waals surface area (Å²) in [5, 5.41) is 4.97. The Kier molecular flexibility index (Phi) is 4.19. The van der Waals surface area contributed by atoms with E-state index in [1.165, 1.54) is 27.7 Å². The van der Waals surface area contributed by atoms with E-state index >= 15 is 0 Å². The smallest absolute Gasteiger partial charge is 0.128 e. The average Bonchev–Trinajstić information content (AvgIpc) is 3.07. The first-order chi connectivity index (χ1) is 12.8. The molecule has 0 saturated carbocycles. The third kappa shape index (κ3) is 2.82. The molecule has 2 aliphatic rings. The van der Waals surface area contributed by atoms with Gasteiger partial charge < -0.3 is 19.9 Å². The van der Waals surface area contributed by atoms with Crippen LogP contribution < -0.4 is 10.2 Å². The molecule has 0 radical (unpaired) electrons. The van der Waals surface area contributed by atoms with Gasteiger partial charge in [-0.05, 0) is 41.8 Å². The largest absolute Gasteiger partial charge is 0.378 e. The zero-order valence-corrected chi connectivity index (χ0v) is 16.1. The van der Waals surface area contributed by atoms with E-state index in [0.717, 1.165) is 49.6 Å². The van der Waals surface area contributed by atoms with Gasteiger partial charge in [-0.2, -0.15) is 0 Å². The Balaban J connectivity index is 1.49. The summed E-state index contributed by atoms with van der Waals surface area (Å²) in [5.74, 6) is 1.04. The van der Waals surface area contributed by atoms with Gasteiger partial charge in [0.15, 0.2) is 0 Å². The summed E-state index contributed by atoms with van der Waals surface area (Å²) in [6.07, 6.45) is 3.06. The summed E-state index contributed by atoms with van der Waals surface area (Å²) in [4.78, 5) is 10.6. The lowest BCUT2D eigenvalue weighted by atomic mass is 9.95. The van der Waals surface area contributed by atoms with Gasteiger partial charge in [0, 0.05) is 46.9 Å². The van der Waals surface area contributed by atoms with E-state index in [4.69, 9.17) is 9.72 Å². The van der Waals surface area contributed by atoms with Crippen LogP contribution in [0.15, 0.2) is 41.0 Å². The zero-order valence-electron chi connectivity index (χ0n) is 14.5. The molecule has 6 heteroatoms. The van der Waals surface area contributed by atoms with Gasteiger partial charge in [-0.15, -0.1) is 0 Å². The molecule has 4 heterocycles. The molecule has 26 heavy (non-hydrogen) atoms. The molecule has 1 atom stereocenters. The Morgan fingerprint density at radius 3 is 2.85 bits per heavy atom. The number of hydrogen-bond acceptors (Lipinski definition) is 4. The van der Waals surface area contributed by atoms with Crippen molar-refractivity contribution < 1.29 is 4.74 Å². The van der Waals surface area contributed by atoms with Crippen molar-refractivity contribution in [2.75, 3.05) is 37.7 Å². The van der Waals surface area contributed by atoms with Crippen LogP contribution in [-0.4, -0.2) is 42.8 Å². The quantitative estimate of drug-likeness (QED) is 0.677. The summed E-state index contributed by atoms with van der Waals surface area (Å²) in [6.45, 7) is 4.36. The van der Waals surface area contributed by atoms with E-state index in [1.807, 2.05) is 6.20 Å². The summed E-state index contributed by atoms with van der Waals surface area (Å²) in [7, 11) is 0. The molecule has 0 amide bonds. The maximum atomic E-state index is 5.43. The highest BCUT2D eigenvalue weighted by Crippen LogP contribution is 2.34. The van der Waals surface area contributed by atoms with Gasteiger partial charge >= 0.3 is 0 Å². The number of benzene rings is 1. The number of nitrogens with one attached hydrogen (secondary N) is 2. The second-order valence-electron chi connectivity index (χ2n) is 6.89. The Bertz CT molecular complexity index is 931. The predicted octanol–water partition coefficient (Wildman–Crippen LogP) is 3.40. The number of aromatic nitrogens is 2. The van der Waals surface area contributed by atoms with E-state index in [2.05, 4.69) is 61.5 Å². The van der Waals surface area contributed by atoms with Crippen LogP contribution in [0, 0.1) is 0 Å². The molecule has 0 bridgehead atoms. The molecule has 2 aliphatic heterocycles. The van der Waals surface area contributed by atoms with Gasteiger partial charge in [-0.3, -0.25) is 0 Å². The molecule has 0 aliphatic carbocycles. The second-order valence-corrected chi connectivity index (χ2v) is 7.81. The van der Waals surface area contributed by atoms with Crippen molar-refractivity contribution in [3.8, 4) is 0 Å². The summed E-state index contributed by atoms with van der Waals surface area (Å²) >= 11 is 3.60. The lowest BCUT2D eigenvalue weighted by Gasteiger charge is -2.29. The first-order valence-corrected chi connectivity index (χ1v) is 9.91. The zero-order chi connectivity index (χ0) is 17.5. The second kappa shape index (κ2) is 6.68. The molecule has 0 spiro atoms. The molecular formula is C20H21BrN4O. The Morgan fingerprint density at radius 1 is 1.15 bits per heavy atom. The van der Waals surface area contributed by atoms with Gasteiger partial charge in [0.05, 0.1) is 19.3 Å². The van der Waals surface area contributed by atoms with Crippen LogP contribution in [0.1, 0.15) is 22.9 Å². The van der Waals surface area contributed by atoms with Gasteiger partial charge in [0.1, 0.15) is 5.82 Å². The molecule has 2 aromatic heterocycles. The fraction of sp³-hybridized carbons (Fsp3) is 0.350. The number of nitrogens with zero attached hydrogens (tertiary/aromatic N) is 2. The third-order valence-corrected chi connectivity index (χ3v) is 5.85. The number of H-pyrrole nitrogens is 1. The number of pyridine rings is 1. The lowest BCUT2D eigenvalue weighted by Crippen LogP contribution is -2.36. The molecule has 0 unspecified atom stereocenters. The molecular weight excluding hydrogens is 392 g/mol. The van der Waals surface area contributed by atoms with Crippen molar-refractivity contribution in [2.45, 2.75) is 12.5 Å². The minimum Gasteiger partial charge on any atom is -0.378 e. The van der Waals surface area contributed by atoms with Crippen LogP contribution >= 0.6 is 15.9 Å². The van der Waals surface area contributed by atoms with Gasteiger partial charge in [-0.1, -0.05) is 22.0 Å². The summed E-state index contributed by atoms with van der Waals surface area (Å²) in [5.41, 5.74) is 5.09. The molecule has 5 nitrogen and oxygen atoms in total. The van der Waals surface area contributed by atoms with Gasteiger partial charge in [0.25, 0.3) is 0 Å². The highest BCUT2D eigenvalue weighted by molar-refractivity contribution is 9.10. The molecule has 5 rings (SSSR count). The number of halogens is 1.